The Bertz CT molecular complexity index is 452. The van der Waals surface area contributed by atoms with Crippen LogP contribution >= 0.6 is 0 Å². The van der Waals surface area contributed by atoms with E-state index in [0.29, 0.717) is 12.3 Å². The second kappa shape index (κ2) is 5.44. The summed E-state index contributed by atoms with van der Waals surface area (Å²) in [6.07, 6.45) is 7.36. The Morgan fingerprint density at radius 2 is 1.61 bits per heavy atom. The Balaban J connectivity index is 2.09. The molecule has 3 heteroatoms. The number of rotatable bonds is 4. The van der Waals surface area contributed by atoms with E-state index in [1.807, 2.05) is 0 Å². The Kier molecular flexibility index (Phi) is 4.18. The van der Waals surface area contributed by atoms with Gasteiger partial charge in [0.2, 0.25) is 0 Å². The van der Waals surface area contributed by atoms with Crippen LogP contribution in [0.25, 0.3) is 0 Å². The van der Waals surface area contributed by atoms with Gasteiger partial charge < -0.3 is 15.3 Å². The number of fused-ring (bicyclic) bond motifs is 2. The first-order chi connectivity index (χ1) is 10.6. The summed E-state index contributed by atoms with van der Waals surface area (Å²) in [5.41, 5.74) is -1.17. The van der Waals surface area contributed by atoms with E-state index in [9.17, 15) is 15.3 Å². The summed E-state index contributed by atoms with van der Waals surface area (Å²) in [4.78, 5) is 0. The maximum atomic E-state index is 11.8. The molecule has 3 saturated carbocycles. The van der Waals surface area contributed by atoms with Crippen molar-refractivity contribution in [2.45, 2.75) is 103 Å². The highest BCUT2D eigenvalue weighted by molar-refractivity contribution is 5.24. The average molecular weight is 325 g/mol. The Labute approximate surface area is 141 Å². The van der Waals surface area contributed by atoms with Crippen LogP contribution in [-0.2, 0) is 0 Å². The van der Waals surface area contributed by atoms with Crippen LogP contribution in [-0.4, -0.2) is 33.1 Å². The molecule has 3 unspecified atom stereocenters. The third kappa shape index (κ3) is 2.12. The van der Waals surface area contributed by atoms with Crippen LogP contribution < -0.4 is 0 Å². The molecule has 0 aromatic rings. The fourth-order valence-corrected chi connectivity index (χ4v) is 6.99. The first kappa shape index (κ1) is 17.7. The fourth-order valence-electron chi connectivity index (χ4n) is 6.99. The summed E-state index contributed by atoms with van der Waals surface area (Å²) in [5, 5.41) is 33.0. The SMILES string of the molecule is CC(O)CC(O)C1(C2(O)CCCCC2)C[C@H]2CC[C@@]1(C)C2(C)C. The van der Waals surface area contributed by atoms with Gasteiger partial charge in [-0.3, -0.25) is 0 Å². The highest BCUT2D eigenvalue weighted by Gasteiger charge is 2.75. The molecule has 3 aliphatic carbocycles. The lowest BCUT2D eigenvalue weighted by Crippen LogP contribution is -2.64. The van der Waals surface area contributed by atoms with Crippen molar-refractivity contribution in [3.8, 4) is 0 Å². The molecule has 0 aromatic carbocycles. The van der Waals surface area contributed by atoms with Crippen LogP contribution in [0.2, 0.25) is 0 Å². The minimum absolute atomic E-state index is 0.0644. The molecule has 0 heterocycles. The molecule has 3 nitrogen and oxygen atoms in total. The summed E-state index contributed by atoms with van der Waals surface area (Å²) < 4.78 is 0. The molecular weight excluding hydrogens is 288 g/mol. The molecule has 23 heavy (non-hydrogen) atoms. The first-order valence-corrected chi connectivity index (χ1v) is 9.69. The Morgan fingerprint density at radius 3 is 2.04 bits per heavy atom. The molecule has 134 valence electrons. The monoisotopic (exact) mass is 324 g/mol. The van der Waals surface area contributed by atoms with E-state index < -0.39 is 23.2 Å². The Hall–Kier alpha value is -0.120. The molecule has 3 rings (SSSR count). The van der Waals surface area contributed by atoms with Gasteiger partial charge in [0, 0.05) is 5.41 Å². The fraction of sp³-hybridized carbons (Fsp3) is 1.00. The molecule has 0 saturated heterocycles. The van der Waals surface area contributed by atoms with Crippen LogP contribution in [0, 0.1) is 22.2 Å². The first-order valence-electron chi connectivity index (χ1n) is 9.69. The summed E-state index contributed by atoms with van der Waals surface area (Å²) in [6.45, 7) is 8.75. The van der Waals surface area contributed by atoms with Crippen molar-refractivity contribution in [2.75, 3.05) is 0 Å². The van der Waals surface area contributed by atoms with Crippen LogP contribution in [0.5, 0.6) is 0 Å². The molecular formula is C20H36O3. The third-order valence-corrected chi connectivity index (χ3v) is 8.63. The van der Waals surface area contributed by atoms with Crippen molar-refractivity contribution in [3.63, 3.8) is 0 Å². The predicted molar refractivity (Wildman–Crippen MR) is 92.0 cm³/mol. The number of hydrogen-bond donors (Lipinski definition) is 3. The van der Waals surface area contributed by atoms with Gasteiger partial charge in [0.25, 0.3) is 0 Å². The Morgan fingerprint density at radius 1 is 1.00 bits per heavy atom. The summed E-state index contributed by atoms with van der Waals surface area (Å²) in [7, 11) is 0. The minimum atomic E-state index is -0.777. The maximum absolute atomic E-state index is 11.8. The maximum Gasteiger partial charge on any atom is 0.0734 e. The smallest absolute Gasteiger partial charge is 0.0734 e. The van der Waals surface area contributed by atoms with Gasteiger partial charge in [-0.15, -0.1) is 0 Å². The van der Waals surface area contributed by atoms with E-state index in [1.54, 1.807) is 6.92 Å². The van der Waals surface area contributed by atoms with E-state index in [0.717, 1.165) is 38.5 Å². The second-order valence-electron chi connectivity index (χ2n) is 9.66. The normalized spacial score (nSPS) is 44.2. The lowest BCUT2D eigenvalue weighted by molar-refractivity contribution is -0.227. The molecule has 0 amide bonds. The van der Waals surface area contributed by atoms with E-state index in [1.165, 1.54) is 12.8 Å². The molecule has 0 aromatic heterocycles. The van der Waals surface area contributed by atoms with Crippen LogP contribution in [0.4, 0.5) is 0 Å². The molecule has 3 aliphatic rings. The topological polar surface area (TPSA) is 60.7 Å². The van der Waals surface area contributed by atoms with Gasteiger partial charge >= 0.3 is 0 Å². The van der Waals surface area contributed by atoms with Crippen molar-refractivity contribution in [3.05, 3.63) is 0 Å². The molecule has 0 aliphatic heterocycles. The van der Waals surface area contributed by atoms with Gasteiger partial charge in [0.05, 0.1) is 17.8 Å². The van der Waals surface area contributed by atoms with Gasteiger partial charge in [0.15, 0.2) is 0 Å². The lowest BCUT2D eigenvalue weighted by atomic mass is 9.47. The average Bonchev–Trinajstić information content (AvgIpc) is 2.78. The van der Waals surface area contributed by atoms with E-state index in [2.05, 4.69) is 20.8 Å². The zero-order chi connectivity index (χ0) is 17.1. The quantitative estimate of drug-likeness (QED) is 0.740. The highest BCUT2D eigenvalue weighted by Crippen LogP contribution is 2.78. The van der Waals surface area contributed by atoms with Gasteiger partial charge in [-0.2, -0.15) is 0 Å². The van der Waals surface area contributed by atoms with Crippen LogP contribution in [0.3, 0.4) is 0 Å². The van der Waals surface area contributed by atoms with Crippen molar-refractivity contribution in [1.82, 2.24) is 0 Å². The summed E-state index contributed by atoms with van der Waals surface area (Å²) >= 11 is 0. The van der Waals surface area contributed by atoms with Crippen molar-refractivity contribution < 1.29 is 15.3 Å². The summed E-state index contributed by atoms with van der Waals surface area (Å²) in [5.74, 6) is 0.571. The van der Waals surface area contributed by atoms with Gasteiger partial charge in [-0.1, -0.05) is 40.0 Å². The molecule has 3 N–H and O–H groups in total. The predicted octanol–water partition coefficient (Wildman–Crippen LogP) is 3.65. The van der Waals surface area contributed by atoms with Crippen molar-refractivity contribution >= 4 is 0 Å². The largest absolute Gasteiger partial charge is 0.393 e. The van der Waals surface area contributed by atoms with Crippen LogP contribution in [0.15, 0.2) is 0 Å². The van der Waals surface area contributed by atoms with E-state index in [-0.39, 0.29) is 10.8 Å². The molecule has 0 radical (unpaired) electrons. The lowest BCUT2D eigenvalue weighted by Gasteiger charge is -2.60. The van der Waals surface area contributed by atoms with Gasteiger partial charge in [-0.05, 0) is 62.2 Å². The van der Waals surface area contributed by atoms with Gasteiger partial charge in [-0.25, -0.2) is 0 Å². The molecule has 3 fully saturated rings. The van der Waals surface area contributed by atoms with Crippen molar-refractivity contribution in [2.24, 2.45) is 22.2 Å². The third-order valence-electron chi connectivity index (χ3n) is 8.63. The molecule has 5 atom stereocenters. The standard InChI is InChI=1S/C20H36O3/c1-14(21)12-16(22)20(19(23)9-6-5-7-10-19)13-15-8-11-18(20,4)17(15,2)3/h14-16,21-23H,5-13H2,1-4H3/t14?,15-,16?,18+,20?/m1/s1. The number of aliphatic hydroxyl groups excluding tert-OH is 2. The van der Waals surface area contributed by atoms with E-state index in [4.69, 9.17) is 0 Å². The summed E-state index contributed by atoms with van der Waals surface area (Å²) in [6, 6.07) is 0. The van der Waals surface area contributed by atoms with E-state index >= 15 is 0 Å². The molecule has 2 bridgehead atoms. The van der Waals surface area contributed by atoms with Crippen LogP contribution in [0.1, 0.15) is 85.5 Å². The minimum Gasteiger partial charge on any atom is -0.393 e. The highest BCUT2D eigenvalue weighted by atomic mass is 16.3. The number of hydrogen-bond acceptors (Lipinski definition) is 3. The molecule has 0 spiro atoms. The second-order valence-corrected chi connectivity index (χ2v) is 9.66. The zero-order valence-electron chi connectivity index (χ0n) is 15.4. The van der Waals surface area contributed by atoms with Gasteiger partial charge in [0.1, 0.15) is 0 Å². The number of aliphatic hydroxyl groups is 3. The zero-order valence-corrected chi connectivity index (χ0v) is 15.4. The van der Waals surface area contributed by atoms with Crippen molar-refractivity contribution in [1.29, 1.82) is 0 Å².